The van der Waals surface area contributed by atoms with E-state index in [0.717, 1.165) is 0 Å². The van der Waals surface area contributed by atoms with Crippen LogP contribution >= 0.6 is 22.6 Å². The maximum absolute atomic E-state index is 12.0. The summed E-state index contributed by atoms with van der Waals surface area (Å²) in [4.78, 5) is 11.0. The van der Waals surface area contributed by atoms with E-state index in [0.29, 0.717) is 0 Å². The summed E-state index contributed by atoms with van der Waals surface area (Å²) in [5.41, 5.74) is 0.100. The van der Waals surface area contributed by atoms with Gasteiger partial charge in [-0.3, -0.25) is 0 Å². The number of carbonyl (C=O) groups excluding carboxylic acids is 1. The molecule has 3 nitrogen and oxygen atoms in total. The summed E-state index contributed by atoms with van der Waals surface area (Å²) >= 11 is 1.18. The highest BCUT2D eigenvalue weighted by Gasteiger charge is 2.38. The summed E-state index contributed by atoms with van der Waals surface area (Å²) in [6.45, 7) is 2.87. The molecule has 0 aliphatic heterocycles. The second-order valence-corrected chi connectivity index (χ2v) is 4.25. The largest absolute Gasteiger partial charge is 0.461 e. The Kier molecular flexibility index (Phi) is 6.18. The van der Waals surface area contributed by atoms with Gasteiger partial charge in [-0.25, -0.2) is 4.79 Å². The first-order valence-electron chi connectivity index (χ1n) is 3.99. The van der Waals surface area contributed by atoms with E-state index in [4.69, 9.17) is 0 Å². The lowest BCUT2D eigenvalue weighted by atomic mass is 10.3. The molecule has 1 unspecified atom stereocenters. The minimum absolute atomic E-state index is 0.100. The van der Waals surface area contributed by atoms with Gasteiger partial charge in [0.15, 0.2) is 0 Å². The Balaban J connectivity index is 3.96. The Hall–Kier alpha value is -0.310. The third-order valence-corrected chi connectivity index (χ3v) is 2.46. The van der Waals surface area contributed by atoms with E-state index in [1.807, 2.05) is 0 Å². The summed E-state index contributed by atoms with van der Waals surface area (Å²) in [5.74, 6) is -0.810. The molecular formula is C8H11F3INO2. The van der Waals surface area contributed by atoms with Gasteiger partial charge in [-0.2, -0.15) is 13.2 Å². The minimum atomic E-state index is -4.36. The molecule has 1 N–H and O–H groups in total. The minimum Gasteiger partial charge on any atom is -0.461 e. The highest BCUT2D eigenvalue weighted by molar-refractivity contribution is 14.1. The smallest absolute Gasteiger partial charge is 0.403 e. The van der Waals surface area contributed by atoms with Crippen LogP contribution in [0, 0.1) is 0 Å². The number of esters is 1. The van der Waals surface area contributed by atoms with E-state index >= 15 is 0 Å². The zero-order valence-electron chi connectivity index (χ0n) is 8.03. The first kappa shape index (κ1) is 14.7. The van der Waals surface area contributed by atoms with Crippen LogP contribution in [0.15, 0.2) is 12.2 Å². The number of rotatable bonds is 5. The van der Waals surface area contributed by atoms with Gasteiger partial charge in [-0.05, 0) is 7.05 Å². The third kappa shape index (κ3) is 5.98. The molecule has 0 aromatic carbocycles. The quantitative estimate of drug-likeness (QED) is 0.359. The second-order valence-electron chi connectivity index (χ2n) is 2.74. The molecule has 0 bridgehead atoms. The van der Waals surface area contributed by atoms with Crippen LogP contribution in [0.2, 0.25) is 0 Å². The third-order valence-electron chi connectivity index (χ3n) is 1.39. The highest BCUT2D eigenvalue weighted by atomic mass is 127. The van der Waals surface area contributed by atoms with Crippen molar-refractivity contribution in [3.05, 3.63) is 12.2 Å². The fourth-order valence-corrected chi connectivity index (χ4v) is 0.811. The molecule has 7 heteroatoms. The van der Waals surface area contributed by atoms with Gasteiger partial charge in [0, 0.05) is 12.1 Å². The number of hydrogen-bond donors (Lipinski definition) is 1. The zero-order chi connectivity index (χ0) is 12.1. The van der Waals surface area contributed by atoms with E-state index in [9.17, 15) is 18.0 Å². The van der Waals surface area contributed by atoms with E-state index in [-0.39, 0.29) is 12.1 Å². The summed E-state index contributed by atoms with van der Waals surface area (Å²) in [6.07, 6.45) is -4.36. The molecule has 0 aromatic heterocycles. The number of halogens is 4. The van der Waals surface area contributed by atoms with Crippen molar-refractivity contribution in [1.82, 2.24) is 5.32 Å². The fraction of sp³-hybridized carbons (Fsp3) is 0.625. The van der Waals surface area contributed by atoms with Crippen LogP contribution in [0.25, 0.3) is 0 Å². The molecule has 0 aromatic rings. The van der Waals surface area contributed by atoms with Gasteiger partial charge in [0.2, 0.25) is 0 Å². The molecule has 15 heavy (non-hydrogen) atoms. The van der Waals surface area contributed by atoms with Gasteiger partial charge in [0.25, 0.3) is 0 Å². The zero-order valence-corrected chi connectivity index (χ0v) is 10.2. The molecule has 0 aliphatic carbocycles. The molecule has 0 radical (unpaired) electrons. The van der Waals surface area contributed by atoms with Crippen molar-refractivity contribution in [2.45, 2.75) is 10.1 Å². The molecule has 0 aliphatic rings. The Labute approximate surface area is 99.2 Å². The van der Waals surface area contributed by atoms with E-state index in [1.165, 1.54) is 22.6 Å². The Bertz CT molecular complexity index is 243. The van der Waals surface area contributed by atoms with E-state index < -0.39 is 22.7 Å². The van der Waals surface area contributed by atoms with Gasteiger partial charge < -0.3 is 10.1 Å². The lowest BCUT2D eigenvalue weighted by Crippen LogP contribution is -2.29. The Morgan fingerprint density at radius 3 is 2.53 bits per heavy atom. The first-order valence-corrected chi connectivity index (χ1v) is 5.24. The SMILES string of the molecule is C=C(CNC)C(=O)OCC(I)C(F)(F)F. The number of ether oxygens (including phenoxy) is 1. The lowest BCUT2D eigenvalue weighted by Gasteiger charge is -2.14. The summed E-state index contributed by atoms with van der Waals surface area (Å²) < 4.78 is 38.8. The van der Waals surface area contributed by atoms with Crippen LogP contribution in [0.1, 0.15) is 0 Å². The summed E-state index contributed by atoms with van der Waals surface area (Å²) in [7, 11) is 1.59. The van der Waals surface area contributed by atoms with Crippen LogP contribution in [0.4, 0.5) is 13.2 Å². The van der Waals surface area contributed by atoms with Gasteiger partial charge in [-0.15, -0.1) is 0 Å². The van der Waals surface area contributed by atoms with Gasteiger partial charge in [0.05, 0.1) is 0 Å². The molecule has 1 atom stereocenters. The molecule has 0 saturated heterocycles. The number of carbonyl (C=O) groups is 1. The fourth-order valence-electron chi connectivity index (χ4n) is 0.631. The molecule has 0 fully saturated rings. The van der Waals surface area contributed by atoms with Crippen LogP contribution in [0.3, 0.4) is 0 Å². The summed E-state index contributed by atoms with van der Waals surface area (Å²) in [6, 6.07) is 0. The number of likely N-dealkylation sites (N-methyl/N-ethyl adjacent to an activating group) is 1. The average molecular weight is 337 g/mol. The molecule has 88 valence electrons. The second kappa shape index (κ2) is 6.31. The van der Waals surface area contributed by atoms with Crippen molar-refractivity contribution < 1.29 is 22.7 Å². The van der Waals surface area contributed by atoms with Crippen molar-refractivity contribution in [3.63, 3.8) is 0 Å². The highest BCUT2D eigenvalue weighted by Crippen LogP contribution is 2.26. The van der Waals surface area contributed by atoms with Crippen LogP contribution in [-0.4, -0.2) is 36.3 Å². The number of nitrogens with one attached hydrogen (secondary N) is 1. The monoisotopic (exact) mass is 337 g/mol. The van der Waals surface area contributed by atoms with E-state index in [1.54, 1.807) is 7.05 Å². The topological polar surface area (TPSA) is 38.3 Å². The van der Waals surface area contributed by atoms with Crippen molar-refractivity contribution in [3.8, 4) is 0 Å². The Morgan fingerprint density at radius 1 is 1.60 bits per heavy atom. The predicted octanol–water partition coefficient (Wildman–Crippen LogP) is 1.67. The number of alkyl halides is 4. The normalized spacial score (nSPS) is 13.4. The standard InChI is InChI=1S/C8H11F3INO2/c1-5(3-13-2)7(14)15-4-6(12)8(9,10)11/h6,13H,1,3-4H2,2H3. The maximum Gasteiger partial charge on any atom is 0.403 e. The first-order chi connectivity index (χ1) is 6.79. The molecule has 0 rings (SSSR count). The van der Waals surface area contributed by atoms with Gasteiger partial charge >= 0.3 is 12.1 Å². The van der Waals surface area contributed by atoms with Crippen LogP contribution in [0.5, 0.6) is 0 Å². The number of hydrogen-bond acceptors (Lipinski definition) is 3. The molecular weight excluding hydrogens is 326 g/mol. The van der Waals surface area contributed by atoms with Gasteiger partial charge in [0.1, 0.15) is 10.5 Å². The molecule has 0 saturated carbocycles. The van der Waals surface area contributed by atoms with Crippen molar-refractivity contribution in [1.29, 1.82) is 0 Å². The average Bonchev–Trinajstić information content (AvgIpc) is 2.12. The van der Waals surface area contributed by atoms with Gasteiger partial charge in [-0.1, -0.05) is 29.2 Å². The molecule has 0 spiro atoms. The lowest BCUT2D eigenvalue weighted by molar-refractivity contribution is -0.150. The maximum atomic E-state index is 12.0. The van der Waals surface area contributed by atoms with Crippen LogP contribution in [-0.2, 0) is 9.53 Å². The van der Waals surface area contributed by atoms with Crippen molar-refractivity contribution in [2.75, 3.05) is 20.2 Å². The van der Waals surface area contributed by atoms with Crippen LogP contribution < -0.4 is 5.32 Å². The Morgan fingerprint density at radius 2 is 2.13 bits per heavy atom. The molecule has 0 heterocycles. The molecule has 0 amide bonds. The summed E-state index contributed by atoms with van der Waals surface area (Å²) in [5, 5.41) is 2.64. The predicted molar refractivity (Wildman–Crippen MR) is 57.9 cm³/mol. The van der Waals surface area contributed by atoms with Crippen molar-refractivity contribution in [2.24, 2.45) is 0 Å². The van der Waals surface area contributed by atoms with E-state index in [2.05, 4.69) is 16.6 Å². The van der Waals surface area contributed by atoms with Crippen molar-refractivity contribution >= 4 is 28.6 Å².